The third-order valence-electron chi connectivity index (χ3n) is 4.97. The van der Waals surface area contributed by atoms with Crippen molar-refractivity contribution in [1.29, 1.82) is 0 Å². The van der Waals surface area contributed by atoms with E-state index in [1.54, 1.807) is 38.3 Å². The molecular formula is C19H24N2O5. The van der Waals surface area contributed by atoms with Gasteiger partial charge in [0.1, 0.15) is 5.75 Å². The van der Waals surface area contributed by atoms with Gasteiger partial charge >= 0.3 is 5.97 Å². The molecule has 7 heteroatoms. The summed E-state index contributed by atoms with van der Waals surface area (Å²) in [5.74, 6) is -0.242. The quantitative estimate of drug-likeness (QED) is 0.586. The smallest absolute Gasteiger partial charge is 0.310 e. The highest BCUT2D eigenvalue weighted by Gasteiger charge is 2.44. The van der Waals surface area contributed by atoms with Crippen LogP contribution in [0.25, 0.3) is 0 Å². The number of carbonyl (C=O) groups is 3. The number of benzene rings is 1. The van der Waals surface area contributed by atoms with Crippen molar-refractivity contribution in [1.82, 2.24) is 4.90 Å². The second kappa shape index (κ2) is 7.86. The topological polar surface area (TPSA) is 76.2 Å². The lowest BCUT2D eigenvalue weighted by atomic mass is 9.96. The molecular weight excluding hydrogens is 336 g/mol. The molecule has 2 aliphatic rings. The molecule has 0 spiro atoms. The standard InChI is InChI=1S/C19H24N2O5/c1-3-26-19(24)13-5-4-10-20(12-13)16-11-17(22)21(18(16)23)14-6-8-15(25-2)9-7-14/h6-9,13,16H,3-5,10-12H2,1-2H3. The number of amides is 2. The molecule has 0 bridgehead atoms. The predicted octanol–water partition coefficient (Wildman–Crippen LogP) is 1.60. The normalized spacial score (nSPS) is 24.0. The highest BCUT2D eigenvalue weighted by Crippen LogP contribution is 2.29. The molecule has 0 saturated carbocycles. The monoisotopic (exact) mass is 360 g/mol. The zero-order valence-corrected chi connectivity index (χ0v) is 15.1. The Morgan fingerprint density at radius 2 is 1.96 bits per heavy atom. The fourth-order valence-corrected chi connectivity index (χ4v) is 3.65. The van der Waals surface area contributed by atoms with E-state index in [2.05, 4.69) is 0 Å². The molecule has 1 aromatic rings. The highest BCUT2D eigenvalue weighted by atomic mass is 16.5. The van der Waals surface area contributed by atoms with Crippen LogP contribution in [0.4, 0.5) is 5.69 Å². The molecule has 26 heavy (non-hydrogen) atoms. The number of imide groups is 1. The summed E-state index contributed by atoms with van der Waals surface area (Å²) in [4.78, 5) is 40.6. The van der Waals surface area contributed by atoms with E-state index in [4.69, 9.17) is 9.47 Å². The van der Waals surface area contributed by atoms with Crippen molar-refractivity contribution in [3.05, 3.63) is 24.3 Å². The number of esters is 1. The number of hydrogen-bond acceptors (Lipinski definition) is 6. The fourth-order valence-electron chi connectivity index (χ4n) is 3.65. The third kappa shape index (κ3) is 3.58. The molecule has 2 atom stereocenters. The molecule has 2 fully saturated rings. The lowest BCUT2D eigenvalue weighted by Gasteiger charge is -2.34. The summed E-state index contributed by atoms with van der Waals surface area (Å²) in [6.07, 6.45) is 1.71. The van der Waals surface area contributed by atoms with Crippen molar-refractivity contribution >= 4 is 23.5 Å². The van der Waals surface area contributed by atoms with Crippen LogP contribution in [-0.2, 0) is 19.1 Å². The Kier molecular flexibility index (Phi) is 5.56. The Hall–Kier alpha value is -2.41. The Bertz CT molecular complexity index is 688. The molecule has 2 unspecified atom stereocenters. The Morgan fingerprint density at radius 1 is 1.23 bits per heavy atom. The summed E-state index contributed by atoms with van der Waals surface area (Å²) in [5.41, 5.74) is 0.544. The van der Waals surface area contributed by atoms with Gasteiger partial charge in [0.05, 0.1) is 37.8 Å². The number of piperidine rings is 1. The lowest BCUT2D eigenvalue weighted by Crippen LogP contribution is -2.48. The van der Waals surface area contributed by atoms with Crippen LogP contribution < -0.4 is 9.64 Å². The van der Waals surface area contributed by atoms with E-state index in [-0.39, 0.29) is 30.1 Å². The molecule has 1 aromatic carbocycles. The molecule has 7 nitrogen and oxygen atoms in total. The van der Waals surface area contributed by atoms with Gasteiger partial charge in [0.25, 0.3) is 5.91 Å². The largest absolute Gasteiger partial charge is 0.497 e. The van der Waals surface area contributed by atoms with E-state index >= 15 is 0 Å². The molecule has 3 rings (SSSR count). The van der Waals surface area contributed by atoms with Crippen LogP contribution in [0, 0.1) is 5.92 Å². The van der Waals surface area contributed by atoms with Gasteiger partial charge in [-0.3, -0.25) is 19.3 Å². The molecule has 0 aromatic heterocycles. The van der Waals surface area contributed by atoms with Gasteiger partial charge in [0.2, 0.25) is 5.91 Å². The van der Waals surface area contributed by atoms with Crippen LogP contribution >= 0.6 is 0 Å². The Labute approximate surface area is 152 Å². The number of hydrogen-bond donors (Lipinski definition) is 0. The molecule has 2 saturated heterocycles. The van der Waals surface area contributed by atoms with Gasteiger partial charge in [-0.15, -0.1) is 0 Å². The summed E-state index contributed by atoms with van der Waals surface area (Å²) >= 11 is 0. The number of anilines is 1. The van der Waals surface area contributed by atoms with Gasteiger partial charge < -0.3 is 9.47 Å². The van der Waals surface area contributed by atoms with Crippen molar-refractivity contribution in [2.75, 3.05) is 31.7 Å². The summed E-state index contributed by atoms with van der Waals surface area (Å²) in [6, 6.07) is 6.34. The van der Waals surface area contributed by atoms with E-state index in [1.165, 1.54) is 4.90 Å². The van der Waals surface area contributed by atoms with Gasteiger partial charge in [-0.05, 0) is 50.6 Å². The Morgan fingerprint density at radius 3 is 2.62 bits per heavy atom. The van der Waals surface area contributed by atoms with Gasteiger partial charge in [-0.1, -0.05) is 0 Å². The SMILES string of the molecule is CCOC(=O)C1CCCN(C2CC(=O)N(c3ccc(OC)cc3)C2=O)C1. The number of likely N-dealkylation sites (tertiary alicyclic amines) is 1. The van der Waals surface area contributed by atoms with E-state index < -0.39 is 6.04 Å². The third-order valence-corrected chi connectivity index (χ3v) is 4.97. The molecule has 0 N–H and O–H groups in total. The maximum atomic E-state index is 12.9. The number of rotatable bonds is 5. The van der Waals surface area contributed by atoms with E-state index in [1.807, 2.05) is 4.90 Å². The zero-order valence-electron chi connectivity index (χ0n) is 15.1. The second-order valence-corrected chi connectivity index (χ2v) is 6.57. The van der Waals surface area contributed by atoms with Crippen molar-refractivity contribution in [2.24, 2.45) is 5.92 Å². The highest BCUT2D eigenvalue weighted by molar-refractivity contribution is 6.22. The summed E-state index contributed by atoms with van der Waals surface area (Å²) in [6.45, 7) is 3.29. The minimum Gasteiger partial charge on any atom is -0.497 e. The molecule has 0 radical (unpaired) electrons. The van der Waals surface area contributed by atoms with Gasteiger partial charge in [0, 0.05) is 6.54 Å². The summed E-state index contributed by atoms with van der Waals surface area (Å²) in [5, 5.41) is 0. The average molecular weight is 360 g/mol. The minimum absolute atomic E-state index is 0.139. The molecule has 2 aliphatic heterocycles. The van der Waals surface area contributed by atoms with Crippen LogP contribution in [0.3, 0.4) is 0 Å². The fraction of sp³-hybridized carbons (Fsp3) is 0.526. The zero-order chi connectivity index (χ0) is 18.7. The van der Waals surface area contributed by atoms with Gasteiger partial charge in [-0.2, -0.15) is 0 Å². The lowest BCUT2D eigenvalue weighted by molar-refractivity contribution is -0.150. The Balaban J connectivity index is 1.72. The number of ether oxygens (including phenoxy) is 2. The van der Waals surface area contributed by atoms with Crippen LogP contribution in [0.15, 0.2) is 24.3 Å². The number of methoxy groups -OCH3 is 1. The summed E-state index contributed by atoms with van der Waals surface area (Å²) < 4.78 is 10.2. The van der Waals surface area contributed by atoms with E-state index in [0.29, 0.717) is 31.1 Å². The van der Waals surface area contributed by atoms with Gasteiger partial charge in [-0.25, -0.2) is 4.90 Å². The first-order valence-electron chi connectivity index (χ1n) is 8.96. The molecule has 140 valence electrons. The van der Waals surface area contributed by atoms with Crippen molar-refractivity contribution in [3.63, 3.8) is 0 Å². The van der Waals surface area contributed by atoms with E-state index in [0.717, 1.165) is 12.8 Å². The molecule has 0 aliphatic carbocycles. The minimum atomic E-state index is -0.512. The number of nitrogens with zero attached hydrogens (tertiary/aromatic N) is 2. The summed E-state index contributed by atoms with van der Waals surface area (Å²) in [7, 11) is 1.56. The predicted molar refractivity (Wildman–Crippen MR) is 94.8 cm³/mol. The van der Waals surface area contributed by atoms with Crippen LogP contribution in [0.5, 0.6) is 5.75 Å². The first-order chi connectivity index (χ1) is 12.5. The first-order valence-corrected chi connectivity index (χ1v) is 8.96. The maximum absolute atomic E-state index is 12.9. The molecule has 2 heterocycles. The first kappa shape index (κ1) is 18.4. The van der Waals surface area contributed by atoms with E-state index in [9.17, 15) is 14.4 Å². The number of carbonyl (C=O) groups excluding carboxylic acids is 3. The maximum Gasteiger partial charge on any atom is 0.310 e. The van der Waals surface area contributed by atoms with Crippen LogP contribution in [0.1, 0.15) is 26.2 Å². The van der Waals surface area contributed by atoms with Gasteiger partial charge in [0.15, 0.2) is 0 Å². The van der Waals surface area contributed by atoms with Crippen LogP contribution in [0.2, 0.25) is 0 Å². The van der Waals surface area contributed by atoms with Crippen molar-refractivity contribution < 1.29 is 23.9 Å². The average Bonchev–Trinajstić information content (AvgIpc) is 2.96. The van der Waals surface area contributed by atoms with Crippen molar-refractivity contribution in [2.45, 2.75) is 32.2 Å². The van der Waals surface area contributed by atoms with Crippen molar-refractivity contribution in [3.8, 4) is 5.75 Å². The van der Waals surface area contributed by atoms with Crippen LogP contribution in [-0.4, -0.2) is 55.5 Å². The second-order valence-electron chi connectivity index (χ2n) is 6.57. The molecule has 2 amide bonds.